The van der Waals surface area contributed by atoms with Crippen molar-refractivity contribution in [3.63, 3.8) is 0 Å². The molecule has 5 heteroatoms. The lowest BCUT2D eigenvalue weighted by Crippen LogP contribution is -2.53. The molecular weight excluding hydrogens is 206 g/mol. The molecule has 0 bridgehead atoms. The fourth-order valence-corrected chi connectivity index (χ4v) is 2.90. The van der Waals surface area contributed by atoms with Gasteiger partial charge in [0.1, 0.15) is 6.20 Å². The number of pyridine rings is 1. The molecule has 5 nitrogen and oxygen atoms in total. The van der Waals surface area contributed by atoms with E-state index in [2.05, 4.69) is 9.88 Å². The minimum Gasteiger partial charge on any atom is -0.292 e. The molecule has 0 aromatic carbocycles. The second-order valence-corrected chi connectivity index (χ2v) is 4.53. The summed E-state index contributed by atoms with van der Waals surface area (Å²) < 4.78 is 0. The Morgan fingerprint density at radius 2 is 2.25 bits per heavy atom. The summed E-state index contributed by atoms with van der Waals surface area (Å²) in [5.41, 5.74) is 1.18. The molecular formula is C11H13N3O2. The van der Waals surface area contributed by atoms with Gasteiger partial charge in [0.25, 0.3) is 5.69 Å². The molecule has 3 heterocycles. The number of nitro groups is 1. The number of rotatable bonds is 2. The van der Waals surface area contributed by atoms with Crippen LogP contribution in [-0.4, -0.2) is 27.9 Å². The highest BCUT2D eigenvalue weighted by Gasteiger charge is 2.49. The minimum absolute atomic E-state index is 0.0732. The molecule has 2 aliphatic rings. The van der Waals surface area contributed by atoms with Crippen LogP contribution < -0.4 is 0 Å². The zero-order valence-electron chi connectivity index (χ0n) is 8.93. The van der Waals surface area contributed by atoms with E-state index in [4.69, 9.17) is 0 Å². The highest BCUT2D eigenvalue weighted by atomic mass is 16.6. The highest BCUT2D eigenvalue weighted by Crippen LogP contribution is 2.47. The van der Waals surface area contributed by atoms with Crippen LogP contribution in [0.25, 0.3) is 0 Å². The third-order valence-corrected chi connectivity index (χ3v) is 3.85. The van der Waals surface area contributed by atoms with Gasteiger partial charge in [0.2, 0.25) is 0 Å². The molecule has 2 fully saturated rings. The van der Waals surface area contributed by atoms with Crippen molar-refractivity contribution in [3.8, 4) is 0 Å². The van der Waals surface area contributed by atoms with E-state index < -0.39 is 4.92 Å². The number of fused-ring (bicyclic) bond motifs is 1. The highest BCUT2D eigenvalue weighted by molar-refractivity contribution is 5.31. The molecule has 0 amide bonds. The lowest BCUT2D eigenvalue weighted by molar-refractivity contribution is -0.385. The largest absolute Gasteiger partial charge is 0.292 e. The van der Waals surface area contributed by atoms with Crippen LogP contribution in [0.5, 0.6) is 0 Å². The van der Waals surface area contributed by atoms with Crippen molar-refractivity contribution < 1.29 is 4.92 Å². The van der Waals surface area contributed by atoms with Gasteiger partial charge in [0, 0.05) is 12.6 Å². The maximum atomic E-state index is 10.5. The quantitative estimate of drug-likeness (QED) is 0.561. The van der Waals surface area contributed by atoms with Gasteiger partial charge >= 0.3 is 0 Å². The molecule has 2 saturated heterocycles. The average molecular weight is 219 g/mol. The Bertz CT molecular complexity index is 431. The predicted octanol–water partition coefficient (Wildman–Crippen LogP) is 1.68. The topological polar surface area (TPSA) is 59.3 Å². The molecule has 1 unspecified atom stereocenters. The smallest absolute Gasteiger partial charge is 0.287 e. The summed E-state index contributed by atoms with van der Waals surface area (Å²) >= 11 is 0. The van der Waals surface area contributed by atoms with E-state index in [-0.39, 0.29) is 11.2 Å². The zero-order valence-corrected chi connectivity index (χ0v) is 8.93. The molecule has 1 aromatic heterocycles. The van der Waals surface area contributed by atoms with Crippen molar-refractivity contribution in [2.45, 2.75) is 24.8 Å². The SMILES string of the molecule is O=[N+]([O-])c1ccc(C23CCCN2CC3)nc1. The summed E-state index contributed by atoms with van der Waals surface area (Å²) in [6.45, 7) is 2.28. The molecule has 1 aromatic rings. The van der Waals surface area contributed by atoms with Gasteiger partial charge in [0.05, 0.1) is 16.2 Å². The van der Waals surface area contributed by atoms with E-state index in [1.54, 1.807) is 6.07 Å². The lowest BCUT2D eigenvalue weighted by Gasteiger charge is -2.47. The molecule has 0 saturated carbocycles. The van der Waals surface area contributed by atoms with Gasteiger partial charge < -0.3 is 0 Å². The second-order valence-electron chi connectivity index (χ2n) is 4.53. The lowest BCUT2D eigenvalue weighted by atomic mass is 9.81. The molecule has 0 N–H and O–H groups in total. The van der Waals surface area contributed by atoms with Crippen LogP contribution in [0.4, 0.5) is 5.69 Å². The van der Waals surface area contributed by atoms with Crippen molar-refractivity contribution in [1.29, 1.82) is 0 Å². The van der Waals surface area contributed by atoms with Gasteiger partial charge in [-0.3, -0.25) is 20.0 Å². The normalized spacial score (nSPS) is 28.5. The maximum absolute atomic E-state index is 10.5. The Kier molecular flexibility index (Phi) is 1.97. The van der Waals surface area contributed by atoms with E-state index in [0.717, 1.165) is 31.6 Å². The summed E-state index contributed by atoms with van der Waals surface area (Å²) in [6.07, 6.45) is 4.85. The van der Waals surface area contributed by atoms with Gasteiger partial charge in [-0.1, -0.05) is 0 Å². The molecule has 16 heavy (non-hydrogen) atoms. The van der Waals surface area contributed by atoms with E-state index in [9.17, 15) is 10.1 Å². The fourth-order valence-electron chi connectivity index (χ4n) is 2.90. The number of nitrogens with zero attached hydrogens (tertiary/aromatic N) is 3. The van der Waals surface area contributed by atoms with Crippen molar-refractivity contribution in [2.24, 2.45) is 0 Å². The van der Waals surface area contributed by atoms with E-state index >= 15 is 0 Å². The van der Waals surface area contributed by atoms with Crippen LogP contribution in [-0.2, 0) is 5.54 Å². The Hall–Kier alpha value is -1.49. The molecule has 0 spiro atoms. The first kappa shape index (κ1) is 9.72. The zero-order chi connectivity index (χ0) is 11.2. The van der Waals surface area contributed by atoms with Crippen LogP contribution in [0, 0.1) is 10.1 Å². The van der Waals surface area contributed by atoms with E-state index in [0.29, 0.717) is 0 Å². The molecule has 0 radical (unpaired) electrons. The van der Waals surface area contributed by atoms with E-state index in [1.165, 1.54) is 12.6 Å². The number of hydrogen-bond donors (Lipinski definition) is 0. The fraction of sp³-hybridized carbons (Fsp3) is 0.545. The summed E-state index contributed by atoms with van der Waals surface area (Å²) in [5.74, 6) is 0. The Labute approximate surface area is 93.2 Å². The first-order valence-corrected chi connectivity index (χ1v) is 5.58. The summed E-state index contributed by atoms with van der Waals surface area (Å²) in [7, 11) is 0. The van der Waals surface area contributed by atoms with Crippen LogP contribution in [0.15, 0.2) is 18.3 Å². The van der Waals surface area contributed by atoms with Gasteiger partial charge in [-0.25, -0.2) is 0 Å². The molecule has 1 atom stereocenters. The molecule has 3 rings (SSSR count). The first-order chi connectivity index (χ1) is 7.72. The predicted molar refractivity (Wildman–Crippen MR) is 58.0 cm³/mol. The summed E-state index contributed by atoms with van der Waals surface area (Å²) in [6, 6.07) is 3.38. The maximum Gasteiger partial charge on any atom is 0.287 e. The van der Waals surface area contributed by atoms with Gasteiger partial charge in [0.15, 0.2) is 0 Å². The Balaban J connectivity index is 1.93. The summed E-state index contributed by atoms with van der Waals surface area (Å²) in [4.78, 5) is 16.8. The van der Waals surface area contributed by atoms with Crippen molar-refractivity contribution >= 4 is 5.69 Å². The molecule has 84 valence electrons. The van der Waals surface area contributed by atoms with Gasteiger partial charge in [-0.05, 0) is 31.9 Å². The minimum atomic E-state index is -0.401. The average Bonchev–Trinajstić information content (AvgIpc) is 2.55. The Morgan fingerprint density at radius 1 is 1.38 bits per heavy atom. The van der Waals surface area contributed by atoms with Crippen molar-refractivity contribution in [1.82, 2.24) is 9.88 Å². The third-order valence-electron chi connectivity index (χ3n) is 3.85. The third kappa shape index (κ3) is 1.18. The number of hydrogen-bond acceptors (Lipinski definition) is 4. The van der Waals surface area contributed by atoms with Gasteiger partial charge in [-0.15, -0.1) is 0 Å². The summed E-state index contributed by atoms with van der Waals surface area (Å²) in [5, 5.41) is 10.5. The van der Waals surface area contributed by atoms with Crippen LogP contribution in [0.2, 0.25) is 0 Å². The second kappa shape index (κ2) is 3.25. The van der Waals surface area contributed by atoms with Gasteiger partial charge in [-0.2, -0.15) is 0 Å². The van der Waals surface area contributed by atoms with Crippen molar-refractivity contribution in [2.75, 3.05) is 13.1 Å². The van der Waals surface area contributed by atoms with Crippen LogP contribution >= 0.6 is 0 Å². The monoisotopic (exact) mass is 219 g/mol. The van der Waals surface area contributed by atoms with Crippen LogP contribution in [0.1, 0.15) is 25.0 Å². The van der Waals surface area contributed by atoms with Crippen LogP contribution in [0.3, 0.4) is 0 Å². The molecule has 0 aliphatic carbocycles. The van der Waals surface area contributed by atoms with E-state index in [1.807, 2.05) is 6.07 Å². The number of aromatic nitrogens is 1. The standard InChI is InChI=1S/C11H13N3O2/c15-14(16)9-2-3-10(12-8-9)11-4-1-6-13(11)7-5-11/h2-3,8H,1,4-7H2. The molecule has 2 aliphatic heterocycles. The first-order valence-electron chi connectivity index (χ1n) is 5.58. The van der Waals surface area contributed by atoms with Crippen molar-refractivity contribution in [3.05, 3.63) is 34.1 Å². The Morgan fingerprint density at radius 3 is 2.75 bits per heavy atom.